The molecule has 0 aliphatic carbocycles. The molecule has 4 fully saturated rings. The van der Waals surface area contributed by atoms with Crippen LogP contribution in [0, 0.1) is 11.8 Å². The Hall–Kier alpha value is -2.08. The largest absolute Gasteiger partial charge is 0.497 e. The number of hydrogen-bond acceptors (Lipinski definition) is 4. The van der Waals surface area contributed by atoms with Crippen molar-refractivity contribution in [2.75, 3.05) is 33.3 Å². The Kier molecular flexibility index (Phi) is 5.32. The molecule has 0 spiro atoms. The van der Waals surface area contributed by atoms with Crippen LogP contribution in [0.2, 0.25) is 0 Å². The number of carbonyl (C=O) groups excluding carboxylic acids is 2. The summed E-state index contributed by atoms with van der Waals surface area (Å²) in [5.41, 5.74) is 1.22. The van der Waals surface area contributed by atoms with Crippen LogP contribution >= 0.6 is 0 Å². The standard InChI is InChI=1S/C22H31N3O3/c1-14(2)12-23-21(26)22(27)25-13-18(15-4-6-17(28-3)7-5-15)20-19(25)16-8-10-24(20)11-9-16/h4-7,14,16,18-20H,8-13H2,1-3H3,(H,23,26)/t18-,19+,20+/m0/s1. The molecule has 152 valence electrons. The second-order valence-electron chi connectivity index (χ2n) is 8.80. The van der Waals surface area contributed by atoms with Crippen molar-refractivity contribution in [2.24, 2.45) is 11.8 Å². The Labute approximate surface area is 167 Å². The maximum atomic E-state index is 13.0. The highest BCUT2D eigenvalue weighted by Gasteiger charge is 2.55. The summed E-state index contributed by atoms with van der Waals surface area (Å²) in [4.78, 5) is 30.0. The molecule has 4 aliphatic rings. The minimum absolute atomic E-state index is 0.145. The number of carbonyl (C=O) groups is 2. The van der Waals surface area contributed by atoms with Crippen LogP contribution in [0.3, 0.4) is 0 Å². The SMILES string of the molecule is COc1ccc([C@@H]2CN(C(=O)C(=O)NCC(C)C)[C@@H]3C4CCN(CC4)[C@@H]32)cc1. The van der Waals surface area contributed by atoms with E-state index in [1.54, 1.807) is 7.11 Å². The van der Waals surface area contributed by atoms with Gasteiger partial charge >= 0.3 is 11.8 Å². The molecule has 6 heteroatoms. The molecule has 2 bridgehead atoms. The van der Waals surface area contributed by atoms with Gasteiger partial charge in [0, 0.05) is 25.0 Å². The Morgan fingerprint density at radius 1 is 1.14 bits per heavy atom. The lowest BCUT2D eigenvalue weighted by atomic mass is 9.75. The molecule has 5 rings (SSSR count). The lowest BCUT2D eigenvalue weighted by Crippen LogP contribution is -2.61. The second-order valence-corrected chi connectivity index (χ2v) is 8.80. The molecule has 1 aromatic carbocycles. The van der Waals surface area contributed by atoms with Crippen molar-refractivity contribution >= 4 is 11.8 Å². The molecule has 4 aliphatic heterocycles. The topological polar surface area (TPSA) is 61.9 Å². The summed E-state index contributed by atoms with van der Waals surface area (Å²) in [5, 5.41) is 2.81. The van der Waals surface area contributed by atoms with E-state index in [9.17, 15) is 9.59 Å². The van der Waals surface area contributed by atoms with E-state index in [0.29, 0.717) is 31.0 Å². The van der Waals surface area contributed by atoms with Crippen LogP contribution in [-0.4, -0.2) is 67.0 Å². The van der Waals surface area contributed by atoms with Gasteiger partial charge in [0.2, 0.25) is 0 Å². The van der Waals surface area contributed by atoms with Crippen LogP contribution in [0.4, 0.5) is 0 Å². The molecule has 4 saturated heterocycles. The molecule has 28 heavy (non-hydrogen) atoms. The Bertz CT molecular complexity index is 725. The predicted octanol–water partition coefficient (Wildman–Crippen LogP) is 1.86. The molecule has 2 amide bonds. The van der Waals surface area contributed by atoms with Gasteiger partial charge in [-0.3, -0.25) is 14.5 Å². The smallest absolute Gasteiger partial charge is 0.312 e. The molecule has 4 heterocycles. The van der Waals surface area contributed by atoms with E-state index in [-0.39, 0.29) is 17.9 Å². The lowest BCUT2D eigenvalue weighted by Gasteiger charge is -2.51. The van der Waals surface area contributed by atoms with E-state index in [2.05, 4.69) is 22.3 Å². The molecule has 1 aromatic rings. The van der Waals surface area contributed by atoms with Crippen LogP contribution in [0.5, 0.6) is 5.75 Å². The van der Waals surface area contributed by atoms with E-state index in [1.165, 1.54) is 5.56 Å². The van der Waals surface area contributed by atoms with Crippen molar-refractivity contribution < 1.29 is 14.3 Å². The number of ether oxygens (including phenoxy) is 1. The normalized spacial score (nSPS) is 31.0. The van der Waals surface area contributed by atoms with Gasteiger partial charge < -0.3 is 15.0 Å². The molecule has 6 nitrogen and oxygen atoms in total. The number of likely N-dealkylation sites (tertiary alicyclic amines) is 1. The minimum Gasteiger partial charge on any atom is -0.497 e. The predicted molar refractivity (Wildman–Crippen MR) is 107 cm³/mol. The van der Waals surface area contributed by atoms with E-state index in [0.717, 1.165) is 31.7 Å². The molecule has 0 radical (unpaired) electrons. The van der Waals surface area contributed by atoms with Crippen LogP contribution in [-0.2, 0) is 9.59 Å². The van der Waals surface area contributed by atoms with Gasteiger partial charge in [-0.2, -0.15) is 0 Å². The summed E-state index contributed by atoms with van der Waals surface area (Å²) in [6.45, 7) is 7.40. The zero-order valence-electron chi connectivity index (χ0n) is 17.1. The fraction of sp³-hybridized carbons (Fsp3) is 0.636. The van der Waals surface area contributed by atoms with Crippen molar-refractivity contribution in [1.29, 1.82) is 0 Å². The zero-order valence-corrected chi connectivity index (χ0v) is 17.1. The molecule has 0 saturated carbocycles. The number of nitrogens with one attached hydrogen (secondary N) is 1. The summed E-state index contributed by atoms with van der Waals surface area (Å²) in [6, 6.07) is 8.64. The fourth-order valence-corrected chi connectivity index (χ4v) is 5.30. The molecule has 0 aromatic heterocycles. The first kappa shape index (κ1) is 19.2. The third-order valence-electron chi connectivity index (χ3n) is 6.66. The van der Waals surface area contributed by atoms with Gasteiger partial charge in [-0.25, -0.2) is 0 Å². The second kappa shape index (κ2) is 7.74. The van der Waals surface area contributed by atoms with E-state index >= 15 is 0 Å². The van der Waals surface area contributed by atoms with Crippen molar-refractivity contribution in [2.45, 2.75) is 44.7 Å². The van der Waals surface area contributed by atoms with Gasteiger partial charge in [-0.15, -0.1) is 0 Å². The number of amides is 2. The Morgan fingerprint density at radius 3 is 2.43 bits per heavy atom. The maximum Gasteiger partial charge on any atom is 0.312 e. The van der Waals surface area contributed by atoms with Gasteiger partial charge in [-0.05, 0) is 55.5 Å². The summed E-state index contributed by atoms with van der Waals surface area (Å²) in [7, 11) is 1.67. The molecule has 1 N–H and O–H groups in total. The van der Waals surface area contributed by atoms with Crippen LogP contribution in [0.1, 0.15) is 38.2 Å². The zero-order chi connectivity index (χ0) is 19.8. The summed E-state index contributed by atoms with van der Waals surface area (Å²) < 4.78 is 5.30. The van der Waals surface area contributed by atoms with E-state index in [1.807, 2.05) is 30.9 Å². The van der Waals surface area contributed by atoms with Crippen molar-refractivity contribution in [3.05, 3.63) is 29.8 Å². The fourth-order valence-electron chi connectivity index (χ4n) is 5.30. The van der Waals surface area contributed by atoms with Gasteiger partial charge in [0.15, 0.2) is 0 Å². The van der Waals surface area contributed by atoms with Crippen molar-refractivity contribution in [3.63, 3.8) is 0 Å². The third kappa shape index (κ3) is 3.39. The highest BCUT2D eigenvalue weighted by Crippen LogP contribution is 2.46. The lowest BCUT2D eigenvalue weighted by molar-refractivity contribution is -0.149. The minimum atomic E-state index is -0.459. The van der Waals surface area contributed by atoms with Gasteiger partial charge in [0.1, 0.15) is 5.75 Å². The number of methoxy groups -OCH3 is 1. The number of fused-ring (bicyclic) bond motifs is 2. The van der Waals surface area contributed by atoms with Gasteiger partial charge in [0.05, 0.1) is 13.2 Å². The third-order valence-corrected chi connectivity index (χ3v) is 6.66. The first-order chi connectivity index (χ1) is 13.5. The molecule has 3 atom stereocenters. The van der Waals surface area contributed by atoms with E-state index < -0.39 is 5.91 Å². The Balaban J connectivity index is 1.59. The average molecular weight is 386 g/mol. The summed E-state index contributed by atoms with van der Waals surface area (Å²) >= 11 is 0. The highest BCUT2D eigenvalue weighted by molar-refractivity contribution is 6.35. The van der Waals surface area contributed by atoms with Crippen LogP contribution in [0.25, 0.3) is 0 Å². The number of rotatable bonds is 4. The van der Waals surface area contributed by atoms with E-state index in [4.69, 9.17) is 4.74 Å². The Morgan fingerprint density at radius 2 is 1.82 bits per heavy atom. The average Bonchev–Trinajstić information content (AvgIpc) is 3.15. The molecule has 0 unspecified atom stereocenters. The van der Waals surface area contributed by atoms with Gasteiger partial charge in [-0.1, -0.05) is 26.0 Å². The number of hydrogen-bond donors (Lipinski definition) is 1. The quantitative estimate of drug-likeness (QED) is 0.804. The number of benzene rings is 1. The highest BCUT2D eigenvalue weighted by atomic mass is 16.5. The summed E-state index contributed by atoms with van der Waals surface area (Å²) in [6.07, 6.45) is 2.24. The molecular weight excluding hydrogens is 354 g/mol. The first-order valence-corrected chi connectivity index (χ1v) is 10.5. The number of piperidine rings is 3. The maximum absolute atomic E-state index is 13.0. The molecular formula is C22H31N3O3. The van der Waals surface area contributed by atoms with Crippen LogP contribution in [0.15, 0.2) is 24.3 Å². The first-order valence-electron chi connectivity index (χ1n) is 10.5. The number of nitrogens with zero attached hydrogens (tertiary/aromatic N) is 2. The van der Waals surface area contributed by atoms with Gasteiger partial charge in [0.25, 0.3) is 0 Å². The van der Waals surface area contributed by atoms with Crippen LogP contribution < -0.4 is 10.1 Å². The van der Waals surface area contributed by atoms with Crippen molar-refractivity contribution in [1.82, 2.24) is 15.1 Å². The summed E-state index contributed by atoms with van der Waals surface area (Å²) in [5.74, 6) is 1.08. The van der Waals surface area contributed by atoms with Crippen molar-refractivity contribution in [3.8, 4) is 5.75 Å². The monoisotopic (exact) mass is 385 g/mol.